The van der Waals surface area contributed by atoms with E-state index < -0.39 is 0 Å². The minimum Gasteiger partial charge on any atom is -0.494 e. The van der Waals surface area contributed by atoms with Crippen LogP contribution in [0.4, 0.5) is 11.4 Å². The quantitative estimate of drug-likeness (QED) is 0.552. The molecule has 176 valence electrons. The molecule has 2 fully saturated rings. The predicted molar refractivity (Wildman–Crippen MR) is 132 cm³/mol. The van der Waals surface area contributed by atoms with Crippen molar-refractivity contribution in [3.63, 3.8) is 0 Å². The maximum absolute atomic E-state index is 13.3. The van der Waals surface area contributed by atoms with E-state index >= 15 is 0 Å². The molecule has 2 amide bonds. The van der Waals surface area contributed by atoms with Gasteiger partial charge in [-0.15, -0.1) is 0 Å². The molecule has 0 aromatic heterocycles. The number of amides is 2. The highest BCUT2D eigenvalue weighted by Gasteiger charge is 2.25. The van der Waals surface area contributed by atoms with E-state index in [1.165, 1.54) is 6.42 Å². The van der Waals surface area contributed by atoms with Crippen LogP contribution in [0.25, 0.3) is 0 Å². The molecule has 6 nitrogen and oxygen atoms in total. The summed E-state index contributed by atoms with van der Waals surface area (Å²) in [7, 11) is 0. The number of anilines is 2. The molecule has 0 saturated carbocycles. The number of ether oxygens (including phenoxy) is 1. The zero-order valence-electron chi connectivity index (χ0n) is 19.6. The molecule has 2 aliphatic heterocycles. The smallest absolute Gasteiger partial charge is 0.256 e. The van der Waals surface area contributed by atoms with Gasteiger partial charge in [-0.05, 0) is 81.0 Å². The minimum atomic E-state index is -0.194. The third-order valence-corrected chi connectivity index (χ3v) is 6.46. The zero-order valence-corrected chi connectivity index (χ0v) is 19.6. The van der Waals surface area contributed by atoms with Crippen molar-refractivity contribution in [3.05, 3.63) is 53.6 Å². The van der Waals surface area contributed by atoms with E-state index in [4.69, 9.17) is 4.74 Å². The maximum Gasteiger partial charge on any atom is 0.256 e. The summed E-state index contributed by atoms with van der Waals surface area (Å²) in [5.74, 6) is 0.641. The molecule has 4 rings (SSSR count). The first-order valence-electron chi connectivity index (χ1n) is 12.4. The van der Waals surface area contributed by atoms with Crippen molar-refractivity contribution in [3.8, 4) is 5.75 Å². The van der Waals surface area contributed by atoms with Gasteiger partial charge in [-0.1, -0.05) is 13.3 Å². The van der Waals surface area contributed by atoms with E-state index in [2.05, 4.69) is 17.1 Å². The fourth-order valence-corrected chi connectivity index (χ4v) is 4.53. The highest BCUT2D eigenvalue weighted by atomic mass is 16.5. The minimum absolute atomic E-state index is 0.0674. The number of benzene rings is 2. The van der Waals surface area contributed by atoms with E-state index in [9.17, 15) is 9.59 Å². The monoisotopic (exact) mass is 449 g/mol. The van der Waals surface area contributed by atoms with Crippen LogP contribution in [0.15, 0.2) is 42.5 Å². The topological polar surface area (TPSA) is 61.9 Å². The largest absolute Gasteiger partial charge is 0.494 e. The van der Waals surface area contributed by atoms with Crippen LogP contribution in [0.2, 0.25) is 0 Å². The van der Waals surface area contributed by atoms with Crippen molar-refractivity contribution in [2.75, 3.05) is 43.0 Å². The van der Waals surface area contributed by atoms with Crippen LogP contribution in [0.3, 0.4) is 0 Å². The van der Waals surface area contributed by atoms with Crippen molar-refractivity contribution in [2.24, 2.45) is 0 Å². The van der Waals surface area contributed by atoms with Crippen molar-refractivity contribution in [2.45, 2.75) is 51.9 Å². The Morgan fingerprint density at radius 1 is 0.909 bits per heavy atom. The van der Waals surface area contributed by atoms with Gasteiger partial charge in [0.2, 0.25) is 0 Å². The number of nitrogens with one attached hydrogen (secondary N) is 1. The van der Waals surface area contributed by atoms with Gasteiger partial charge in [-0.25, -0.2) is 0 Å². The summed E-state index contributed by atoms with van der Waals surface area (Å²) in [6, 6.07) is 13.0. The zero-order chi connectivity index (χ0) is 23.0. The molecular weight excluding hydrogens is 414 g/mol. The summed E-state index contributed by atoms with van der Waals surface area (Å²) in [6.45, 7) is 6.36. The fourth-order valence-electron chi connectivity index (χ4n) is 4.53. The molecule has 2 aliphatic rings. The van der Waals surface area contributed by atoms with Crippen LogP contribution in [0, 0.1) is 0 Å². The normalized spacial score (nSPS) is 16.0. The average molecular weight is 450 g/mol. The number of carbonyl (C=O) groups is 2. The van der Waals surface area contributed by atoms with Gasteiger partial charge >= 0.3 is 0 Å². The number of unbranched alkanes of at least 4 members (excludes halogenated alkanes) is 1. The molecule has 0 unspecified atom stereocenters. The predicted octanol–water partition coefficient (Wildman–Crippen LogP) is 5.34. The molecule has 0 aliphatic carbocycles. The van der Waals surface area contributed by atoms with Crippen LogP contribution in [-0.2, 0) is 0 Å². The number of piperidine rings is 1. The number of likely N-dealkylation sites (tertiary alicyclic amines) is 1. The van der Waals surface area contributed by atoms with Gasteiger partial charge in [-0.3, -0.25) is 9.59 Å². The summed E-state index contributed by atoms with van der Waals surface area (Å²) in [4.78, 5) is 30.4. The van der Waals surface area contributed by atoms with Gasteiger partial charge < -0.3 is 19.9 Å². The summed E-state index contributed by atoms with van der Waals surface area (Å²) < 4.78 is 5.68. The SMILES string of the molecule is CCCCOc1ccc(C(=O)Nc2ccc(N3CCCCC3)c(C(=O)N3CCCC3)c2)cc1. The lowest BCUT2D eigenvalue weighted by Gasteiger charge is -2.31. The van der Waals surface area contributed by atoms with E-state index in [0.717, 1.165) is 76.1 Å². The Balaban J connectivity index is 1.50. The number of nitrogens with zero attached hydrogens (tertiary/aromatic N) is 2. The molecule has 2 aromatic rings. The highest BCUT2D eigenvalue weighted by Crippen LogP contribution is 2.29. The molecule has 2 saturated heterocycles. The Bertz CT molecular complexity index is 946. The number of rotatable bonds is 8. The van der Waals surface area contributed by atoms with Gasteiger partial charge in [0, 0.05) is 43.1 Å². The molecule has 0 radical (unpaired) electrons. The molecule has 33 heavy (non-hydrogen) atoms. The second kappa shape index (κ2) is 11.2. The highest BCUT2D eigenvalue weighted by molar-refractivity contribution is 6.06. The maximum atomic E-state index is 13.3. The van der Waals surface area contributed by atoms with Gasteiger partial charge in [0.15, 0.2) is 0 Å². The fraction of sp³-hybridized carbons (Fsp3) is 0.481. The van der Waals surface area contributed by atoms with Crippen LogP contribution < -0.4 is 15.0 Å². The summed E-state index contributed by atoms with van der Waals surface area (Å²) in [5, 5.41) is 2.98. The third-order valence-electron chi connectivity index (χ3n) is 6.46. The van der Waals surface area contributed by atoms with Crippen molar-refractivity contribution in [1.29, 1.82) is 0 Å². The first-order chi connectivity index (χ1) is 16.2. The lowest BCUT2D eigenvalue weighted by Crippen LogP contribution is -2.34. The molecule has 2 aromatic carbocycles. The summed E-state index contributed by atoms with van der Waals surface area (Å²) in [5.41, 5.74) is 2.88. The Hall–Kier alpha value is -3.02. The van der Waals surface area contributed by atoms with Crippen LogP contribution in [0.1, 0.15) is 72.6 Å². The van der Waals surface area contributed by atoms with Crippen molar-refractivity contribution in [1.82, 2.24) is 4.90 Å². The van der Waals surface area contributed by atoms with Gasteiger partial charge in [0.05, 0.1) is 12.2 Å². The Morgan fingerprint density at radius 3 is 2.30 bits per heavy atom. The lowest BCUT2D eigenvalue weighted by atomic mass is 10.0. The number of hydrogen-bond acceptors (Lipinski definition) is 4. The standard InChI is InChI=1S/C27H35N3O3/c1-2-3-19-33-23-12-9-21(10-13-23)26(31)28-22-11-14-25(29-15-5-4-6-16-29)24(20-22)27(32)30-17-7-8-18-30/h9-14,20H,2-8,15-19H2,1H3,(H,28,31). The first-order valence-corrected chi connectivity index (χ1v) is 12.4. The average Bonchev–Trinajstić information content (AvgIpc) is 3.40. The lowest BCUT2D eigenvalue weighted by molar-refractivity contribution is 0.0793. The molecule has 2 heterocycles. The molecule has 0 bridgehead atoms. The number of hydrogen-bond donors (Lipinski definition) is 1. The van der Waals surface area contributed by atoms with E-state index in [1.807, 2.05) is 35.2 Å². The summed E-state index contributed by atoms with van der Waals surface area (Å²) in [6.07, 6.45) is 7.73. The first kappa shape index (κ1) is 23.1. The second-order valence-corrected chi connectivity index (χ2v) is 8.96. The summed E-state index contributed by atoms with van der Waals surface area (Å²) >= 11 is 0. The van der Waals surface area contributed by atoms with Gasteiger partial charge in [-0.2, -0.15) is 0 Å². The molecule has 1 N–H and O–H groups in total. The molecular formula is C27H35N3O3. The van der Waals surface area contributed by atoms with Gasteiger partial charge in [0.1, 0.15) is 5.75 Å². The van der Waals surface area contributed by atoms with Crippen LogP contribution in [0.5, 0.6) is 5.75 Å². The van der Waals surface area contributed by atoms with E-state index in [0.29, 0.717) is 23.4 Å². The third kappa shape index (κ3) is 5.86. The Morgan fingerprint density at radius 2 is 1.61 bits per heavy atom. The van der Waals surface area contributed by atoms with Crippen molar-refractivity contribution >= 4 is 23.2 Å². The van der Waals surface area contributed by atoms with Gasteiger partial charge in [0.25, 0.3) is 11.8 Å². The van der Waals surface area contributed by atoms with E-state index in [1.54, 1.807) is 12.1 Å². The second-order valence-electron chi connectivity index (χ2n) is 8.96. The molecule has 0 atom stereocenters. The number of carbonyl (C=O) groups excluding carboxylic acids is 2. The van der Waals surface area contributed by atoms with Crippen molar-refractivity contribution < 1.29 is 14.3 Å². The van der Waals surface area contributed by atoms with Crippen LogP contribution in [-0.4, -0.2) is 49.5 Å². The Kier molecular flexibility index (Phi) is 7.87. The van der Waals surface area contributed by atoms with Crippen LogP contribution >= 0.6 is 0 Å². The van der Waals surface area contributed by atoms with E-state index in [-0.39, 0.29) is 11.8 Å². The Labute approximate surface area is 196 Å². The molecule has 6 heteroatoms. The molecule has 0 spiro atoms.